The fourth-order valence-electron chi connectivity index (χ4n) is 2.70. The molecule has 1 N–H and O–H groups in total. The minimum Gasteiger partial charge on any atom is -0.370 e. The zero-order valence-corrected chi connectivity index (χ0v) is 12.5. The van der Waals surface area contributed by atoms with Gasteiger partial charge in [0, 0.05) is 19.6 Å². The molecule has 0 amide bonds. The van der Waals surface area contributed by atoms with Crippen molar-refractivity contribution in [2.24, 2.45) is 11.8 Å². The monoisotopic (exact) mass is 261 g/mol. The van der Waals surface area contributed by atoms with Crippen molar-refractivity contribution in [3.05, 3.63) is 23.9 Å². The van der Waals surface area contributed by atoms with Crippen molar-refractivity contribution < 1.29 is 0 Å². The number of likely N-dealkylation sites (tertiary alicyclic amines) is 1. The molecule has 1 fully saturated rings. The van der Waals surface area contributed by atoms with Crippen LogP contribution in [0.25, 0.3) is 0 Å². The van der Waals surface area contributed by atoms with E-state index in [-0.39, 0.29) is 0 Å². The van der Waals surface area contributed by atoms with Crippen molar-refractivity contribution in [3.8, 4) is 0 Å². The second-order valence-corrected chi connectivity index (χ2v) is 5.97. The molecule has 19 heavy (non-hydrogen) atoms. The number of rotatable bonds is 6. The quantitative estimate of drug-likeness (QED) is 0.851. The third kappa shape index (κ3) is 4.20. The topological polar surface area (TPSA) is 28.2 Å². The van der Waals surface area contributed by atoms with Crippen molar-refractivity contribution in [1.29, 1.82) is 0 Å². The third-order valence-corrected chi connectivity index (χ3v) is 4.00. The lowest BCUT2D eigenvalue weighted by molar-refractivity contribution is 0.294. The molecule has 3 heteroatoms. The molecule has 0 aliphatic carbocycles. The highest BCUT2D eigenvalue weighted by Crippen LogP contribution is 2.24. The van der Waals surface area contributed by atoms with Crippen LogP contribution in [-0.4, -0.2) is 29.5 Å². The Morgan fingerprint density at radius 1 is 1.42 bits per heavy atom. The fraction of sp³-hybridized carbons (Fsp3) is 0.688. The Hall–Kier alpha value is -1.09. The SMILES string of the molecule is CCCNc1cccc(CN2CCC(C(C)C)C2)n1. The van der Waals surface area contributed by atoms with Crippen LogP contribution in [0, 0.1) is 11.8 Å². The molecule has 106 valence electrons. The maximum Gasteiger partial charge on any atom is 0.126 e. The highest BCUT2D eigenvalue weighted by Gasteiger charge is 2.24. The fourth-order valence-corrected chi connectivity index (χ4v) is 2.70. The van der Waals surface area contributed by atoms with Crippen molar-refractivity contribution >= 4 is 5.82 Å². The maximum atomic E-state index is 4.69. The number of pyridine rings is 1. The van der Waals surface area contributed by atoms with E-state index in [1.165, 1.54) is 25.2 Å². The zero-order chi connectivity index (χ0) is 13.7. The molecule has 1 aromatic heterocycles. The van der Waals surface area contributed by atoms with Gasteiger partial charge in [-0.05, 0) is 43.4 Å². The standard InChI is InChI=1S/C16H27N3/c1-4-9-17-16-7-5-6-15(18-16)12-19-10-8-14(11-19)13(2)3/h5-7,13-14H,4,8-12H2,1-3H3,(H,17,18). The van der Waals surface area contributed by atoms with Gasteiger partial charge in [-0.15, -0.1) is 0 Å². The first kappa shape index (κ1) is 14.3. The maximum absolute atomic E-state index is 4.69. The van der Waals surface area contributed by atoms with Crippen LogP contribution in [0.1, 0.15) is 39.3 Å². The number of anilines is 1. The first-order valence-corrected chi connectivity index (χ1v) is 7.61. The van der Waals surface area contributed by atoms with Gasteiger partial charge in [0.05, 0.1) is 5.69 Å². The molecular weight excluding hydrogens is 234 g/mol. The summed E-state index contributed by atoms with van der Waals surface area (Å²) in [5.41, 5.74) is 1.19. The number of aromatic nitrogens is 1. The van der Waals surface area contributed by atoms with Crippen LogP contribution < -0.4 is 5.32 Å². The zero-order valence-electron chi connectivity index (χ0n) is 12.5. The van der Waals surface area contributed by atoms with Gasteiger partial charge in [0.25, 0.3) is 0 Å². The van der Waals surface area contributed by atoms with Crippen LogP contribution >= 0.6 is 0 Å². The highest BCUT2D eigenvalue weighted by molar-refractivity contribution is 5.35. The molecule has 1 unspecified atom stereocenters. The predicted octanol–water partition coefficient (Wildman–Crippen LogP) is 3.38. The Morgan fingerprint density at radius 3 is 2.95 bits per heavy atom. The number of nitrogens with one attached hydrogen (secondary N) is 1. The first-order chi connectivity index (χ1) is 9.19. The molecule has 2 rings (SSSR count). The average molecular weight is 261 g/mol. The number of nitrogens with zero attached hydrogens (tertiary/aromatic N) is 2. The second-order valence-electron chi connectivity index (χ2n) is 5.97. The Morgan fingerprint density at radius 2 is 2.26 bits per heavy atom. The molecule has 0 aromatic carbocycles. The molecule has 1 atom stereocenters. The third-order valence-electron chi connectivity index (χ3n) is 4.00. The molecular formula is C16H27N3. The van der Waals surface area contributed by atoms with Gasteiger partial charge in [-0.25, -0.2) is 4.98 Å². The Bertz CT molecular complexity index is 389. The lowest BCUT2D eigenvalue weighted by Crippen LogP contribution is -2.22. The van der Waals surface area contributed by atoms with Crippen LogP contribution in [0.15, 0.2) is 18.2 Å². The summed E-state index contributed by atoms with van der Waals surface area (Å²) in [6.07, 6.45) is 2.47. The number of hydrogen-bond acceptors (Lipinski definition) is 3. The van der Waals surface area contributed by atoms with Gasteiger partial charge in [0.2, 0.25) is 0 Å². The summed E-state index contributed by atoms with van der Waals surface area (Å²) in [4.78, 5) is 7.23. The summed E-state index contributed by atoms with van der Waals surface area (Å²) in [6, 6.07) is 6.30. The summed E-state index contributed by atoms with van der Waals surface area (Å²) in [7, 11) is 0. The van der Waals surface area contributed by atoms with E-state index < -0.39 is 0 Å². The molecule has 1 saturated heterocycles. The van der Waals surface area contributed by atoms with Crippen molar-refractivity contribution in [3.63, 3.8) is 0 Å². The van der Waals surface area contributed by atoms with E-state index in [1.807, 2.05) is 0 Å². The van der Waals surface area contributed by atoms with Gasteiger partial charge in [-0.2, -0.15) is 0 Å². The Labute approximate surface area is 117 Å². The minimum absolute atomic E-state index is 0.801. The van der Waals surface area contributed by atoms with Crippen LogP contribution in [0.4, 0.5) is 5.82 Å². The summed E-state index contributed by atoms with van der Waals surface area (Å²) in [5.74, 6) is 2.68. The van der Waals surface area contributed by atoms with E-state index in [1.54, 1.807) is 0 Å². The van der Waals surface area contributed by atoms with E-state index in [4.69, 9.17) is 4.98 Å². The minimum atomic E-state index is 0.801. The van der Waals surface area contributed by atoms with Gasteiger partial charge >= 0.3 is 0 Å². The van der Waals surface area contributed by atoms with Crippen LogP contribution in [-0.2, 0) is 6.54 Å². The van der Waals surface area contributed by atoms with Crippen LogP contribution in [0.5, 0.6) is 0 Å². The van der Waals surface area contributed by atoms with Crippen LogP contribution in [0.2, 0.25) is 0 Å². The molecule has 0 radical (unpaired) electrons. The van der Waals surface area contributed by atoms with Crippen LogP contribution in [0.3, 0.4) is 0 Å². The summed E-state index contributed by atoms with van der Waals surface area (Å²) >= 11 is 0. The average Bonchev–Trinajstić information content (AvgIpc) is 2.85. The van der Waals surface area contributed by atoms with Gasteiger partial charge in [-0.3, -0.25) is 4.90 Å². The van der Waals surface area contributed by atoms with E-state index in [9.17, 15) is 0 Å². The molecule has 3 nitrogen and oxygen atoms in total. The van der Waals surface area contributed by atoms with E-state index in [2.05, 4.69) is 49.2 Å². The molecule has 1 aliphatic rings. The van der Waals surface area contributed by atoms with Gasteiger partial charge in [0.15, 0.2) is 0 Å². The summed E-state index contributed by atoms with van der Waals surface area (Å²) < 4.78 is 0. The Kier molecular flexibility index (Phi) is 5.20. The summed E-state index contributed by atoms with van der Waals surface area (Å²) in [6.45, 7) is 11.3. The lowest BCUT2D eigenvalue weighted by atomic mass is 9.95. The molecule has 2 heterocycles. The van der Waals surface area contributed by atoms with Crippen molar-refractivity contribution in [2.75, 3.05) is 25.0 Å². The largest absolute Gasteiger partial charge is 0.370 e. The molecule has 1 aromatic rings. The summed E-state index contributed by atoms with van der Waals surface area (Å²) in [5, 5.41) is 3.36. The molecule has 0 saturated carbocycles. The van der Waals surface area contributed by atoms with Gasteiger partial charge in [-0.1, -0.05) is 26.8 Å². The molecule has 0 bridgehead atoms. The smallest absolute Gasteiger partial charge is 0.126 e. The normalized spacial score (nSPS) is 20.1. The molecule has 0 spiro atoms. The van der Waals surface area contributed by atoms with E-state index >= 15 is 0 Å². The van der Waals surface area contributed by atoms with Crippen molar-refractivity contribution in [1.82, 2.24) is 9.88 Å². The van der Waals surface area contributed by atoms with Crippen molar-refractivity contribution in [2.45, 2.75) is 40.2 Å². The van der Waals surface area contributed by atoms with E-state index in [0.717, 1.165) is 37.2 Å². The molecule has 1 aliphatic heterocycles. The predicted molar refractivity (Wildman–Crippen MR) is 81.2 cm³/mol. The lowest BCUT2D eigenvalue weighted by Gasteiger charge is -2.17. The van der Waals surface area contributed by atoms with Gasteiger partial charge < -0.3 is 5.32 Å². The second kappa shape index (κ2) is 6.90. The first-order valence-electron chi connectivity index (χ1n) is 7.61. The number of hydrogen-bond donors (Lipinski definition) is 1. The highest BCUT2D eigenvalue weighted by atomic mass is 15.2. The Balaban J connectivity index is 1.89. The van der Waals surface area contributed by atoms with Gasteiger partial charge in [0.1, 0.15) is 5.82 Å². The van der Waals surface area contributed by atoms with E-state index in [0.29, 0.717) is 0 Å².